The topological polar surface area (TPSA) is 21.3 Å². The summed E-state index contributed by atoms with van der Waals surface area (Å²) < 4.78 is 32.3. The number of ether oxygens (including phenoxy) is 1. The lowest BCUT2D eigenvalue weighted by molar-refractivity contribution is 0.430. The highest BCUT2D eigenvalue weighted by Crippen LogP contribution is 2.28. The second-order valence-electron chi connectivity index (χ2n) is 4.82. The van der Waals surface area contributed by atoms with E-state index in [1.807, 2.05) is 13.8 Å². The Morgan fingerprint density at radius 3 is 2.40 bits per heavy atom. The van der Waals surface area contributed by atoms with Gasteiger partial charge in [-0.3, -0.25) is 0 Å². The summed E-state index contributed by atoms with van der Waals surface area (Å²) in [5, 5.41) is 3.22. The molecule has 0 aromatic heterocycles. The van der Waals surface area contributed by atoms with Crippen molar-refractivity contribution in [2.45, 2.75) is 26.4 Å². The van der Waals surface area contributed by atoms with Gasteiger partial charge in [-0.15, -0.1) is 0 Å². The predicted octanol–water partition coefficient (Wildman–Crippen LogP) is 4.26. The average molecular weight is 277 g/mol. The molecule has 0 atom stereocenters. The molecule has 106 valence electrons. The lowest BCUT2D eigenvalue weighted by Crippen LogP contribution is -2.22. The highest BCUT2D eigenvalue weighted by molar-refractivity contribution is 5.39. The maximum atomic E-state index is 13.9. The lowest BCUT2D eigenvalue weighted by atomic mass is 10.2. The van der Waals surface area contributed by atoms with Crippen molar-refractivity contribution in [2.24, 2.45) is 0 Å². The first-order valence-corrected chi connectivity index (χ1v) is 6.50. The van der Waals surface area contributed by atoms with Crippen molar-refractivity contribution in [3.05, 3.63) is 59.7 Å². The fourth-order valence-electron chi connectivity index (χ4n) is 1.74. The largest absolute Gasteiger partial charge is 0.454 e. The standard InChI is InChI=1S/C16H17F2NO/c1-11(2)19-10-12-4-3-5-15(18)16(12)20-14-8-6-13(17)7-9-14/h3-9,11,19H,10H2,1-2H3. The van der Waals surface area contributed by atoms with Crippen molar-refractivity contribution < 1.29 is 13.5 Å². The number of rotatable bonds is 5. The molecule has 0 radical (unpaired) electrons. The first kappa shape index (κ1) is 14.5. The molecule has 0 fully saturated rings. The van der Waals surface area contributed by atoms with Gasteiger partial charge in [0, 0.05) is 18.2 Å². The molecule has 0 aliphatic rings. The van der Waals surface area contributed by atoms with Gasteiger partial charge in [-0.05, 0) is 30.3 Å². The summed E-state index contributed by atoms with van der Waals surface area (Å²) >= 11 is 0. The van der Waals surface area contributed by atoms with Crippen molar-refractivity contribution in [3.8, 4) is 11.5 Å². The third kappa shape index (κ3) is 3.78. The molecule has 2 aromatic carbocycles. The summed E-state index contributed by atoms with van der Waals surface area (Å²) in [5.41, 5.74) is 0.725. The van der Waals surface area contributed by atoms with Crippen LogP contribution >= 0.6 is 0 Å². The number of hydrogen-bond acceptors (Lipinski definition) is 2. The Hall–Kier alpha value is -1.94. The highest BCUT2D eigenvalue weighted by Gasteiger charge is 2.11. The molecule has 0 aliphatic heterocycles. The third-order valence-corrected chi connectivity index (χ3v) is 2.78. The highest BCUT2D eigenvalue weighted by atomic mass is 19.1. The number of hydrogen-bond donors (Lipinski definition) is 1. The Labute approximate surface area is 117 Å². The second-order valence-corrected chi connectivity index (χ2v) is 4.82. The minimum Gasteiger partial charge on any atom is -0.454 e. The van der Waals surface area contributed by atoms with E-state index < -0.39 is 5.82 Å². The van der Waals surface area contributed by atoms with Crippen LogP contribution in [0.4, 0.5) is 8.78 Å². The van der Waals surface area contributed by atoms with Crippen LogP contribution in [0.1, 0.15) is 19.4 Å². The third-order valence-electron chi connectivity index (χ3n) is 2.78. The molecule has 0 saturated carbocycles. The van der Waals surface area contributed by atoms with Crippen LogP contribution in [0.25, 0.3) is 0 Å². The number of halogens is 2. The molecule has 1 N–H and O–H groups in total. The van der Waals surface area contributed by atoms with Crippen molar-refractivity contribution in [3.63, 3.8) is 0 Å². The average Bonchev–Trinajstić information content (AvgIpc) is 2.41. The number of benzene rings is 2. The van der Waals surface area contributed by atoms with Crippen LogP contribution in [0.2, 0.25) is 0 Å². The maximum absolute atomic E-state index is 13.9. The molecule has 2 rings (SSSR count). The zero-order chi connectivity index (χ0) is 14.5. The van der Waals surface area contributed by atoms with E-state index in [4.69, 9.17) is 4.74 Å². The van der Waals surface area contributed by atoms with Crippen LogP contribution in [0.3, 0.4) is 0 Å². The fourth-order valence-corrected chi connectivity index (χ4v) is 1.74. The number of nitrogens with one attached hydrogen (secondary N) is 1. The zero-order valence-electron chi connectivity index (χ0n) is 11.5. The molecular formula is C16H17F2NO. The molecule has 0 aliphatic carbocycles. The smallest absolute Gasteiger partial charge is 0.167 e. The van der Waals surface area contributed by atoms with Gasteiger partial charge in [0.05, 0.1) is 0 Å². The maximum Gasteiger partial charge on any atom is 0.167 e. The van der Waals surface area contributed by atoms with E-state index in [1.54, 1.807) is 12.1 Å². The van der Waals surface area contributed by atoms with Gasteiger partial charge in [0.15, 0.2) is 11.6 Å². The molecule has 0 spiro atoms. The molecule has 20 heavy (non-hydrogen) atoms. The van der Waals surface area contributed by atoms with E-state index in [1.165, 1.54) is 30.3 Å². The fraction of sp³-hybridized carbons (Fsp3) is 0.250. The molecule has 0 unspecified atom stereocenters. The molecule has 0 saturated heterocycles. The van der Waals surface area contributed by atoms with Gasteiger partial charge in [0.25, 0.3) is 0 Å². The Bertz CT molecular complexity index is 567. The van der Waals surface area contributed by atoms with Gasteiger partial charge in [0.2, 0.25) is 0 Å². The molecular weight excluding hydrogens is 260 g/mol. The van der Waals surface area contributed by atoms with Crippen LogP contribution in [0.5, 0.6) is 11.5 Å². The van der Waals surface area contributed by atoms with Gasteiger partial charge in [0.1, 0.15) is 11.6 Å². The van der Waals surface area contributed by atoms with E-state index in [0.29, 0.717) is 12.3 Å². The van der Waals surface area contributed by atoms with Crippen molar-refractivity contribution in [2.75, 3.05) is 0 Å². The molecule has 0 amide bonds. The van der Waals surface area contributed by atoms with Crippen LogP contribution in [-0.2, 0) is 6.54 Å². The van der Waals surface area contributed by atoms with Crippen molar-refractivity contribution in [1.82, 2.24) is 5.32 Å². The van der Waals surface area contributed by atoms with Crippen molar-refractivity contribution >= 4 is 0 Å². The van der Waals surface area contributed by atoms with Crippen molar-refractivity contribution in [1.29, 1.82) is 0 Å². The first-order chi connectivity index (χ1) is 9.56. The monoisotopic (exact) mass is 277 g/mol. The Morgan fingerprint density at radius 1 is 1.05 bits per heavy atom. The number of para-hydroxylation sites is 1. The SMILES string of the molecule is CC(C)NCc1cccc(F)c1Oc1ccc(F)cc1. The van der Waals surface area contributed by atoms with Gasteiger partial charge < -0.3 is 10.1 Å². The molecule has 2 nitrogen and oxygen atoms in total. The predicted molar refractivity (Wildman–Crippen MR) is 74.8 cm³/mol. The summed E-state index contributed by atoms with van der Waals surface area (Å²) in [4.78, 5) is 0. The minimum atomic E-state index is -0.433. The van der Waals surface area contributed by atoms with Crippen LogP contribution in [0, 0.1) is 11.6 Å². The summed E-state index contributed by atoms with van der Waals surface area (Å²) in [7, 11) is 0. The summed E-state index contributed by atoms with van der Waals surface area (Å²) in [6.45, 7) is 4.53. The lowest BCUT2D eigenvalue weighted by Gasteiger charge is -2.14. The van der Waals surface area contributed by atoms with E-state index in [2.05, 4.69) is 5.32 Å². The second kappa shape index (κ2) is 6.48. The van der Waals surface area contributed by atoms with Gasteiger partial charge >= 0.3 is 0 Å². The zero-order valence-corrected chi connectivity index (χ0v) is 11.5. The quantitative estimate of drug-likeness (QED) is 0.882. The van der Waals surface area contributed by atoms with Gasteiger partial charge in [-0.1, -0.05) is 26.0 Å². The summed E-state index contributed by atoms with van der Waals surface area (Å²) in [6.07, 6.45) is 0. The first-order valence-electron chi connectivity index (χ1n) is 6.50. The molecule has 0 heterocycles. The van der Waals surface area contributed by atoms with Gasteiger partial charge in [-0.25, -0.2) is 8.78 Å². The Morgan fingerprint density at radius 2 is 1.75 bits per heavy atom. The van der Waals surface area contributed by atoms with E-state index in [9.17, 15) is 8.78 Å². The van der Waals surface area contributed by atoms with E-state index in [0.717, 1.165) is 5.56 Å². The van der Waals surface area contributed by atoms with E-state index in [-0.39, 0.29) is 17.6 Å². The summed E-state index contributed by atoms with van der Waals surface area (Å²) in [6, 6.07) is 10.6. The molecule has 0 bridgehead atoms. The minimum absolute atomic E-state index is 0.173. The van der Waals surface area contributed by atoms with Crippen LogP contribution in [0.15, 0.2) is 42.5 Å². The van der Waals surface area contributed by atoms with Gasteiger partial charge in [-0.2, -0.15) is 0 Å². The van der Waals surface area contributed by atoms with Crippen LogP contribution < -0.4 is 10.1 Å². The normalized spacial score (nSPS) is 10.8. The summed E-state index contributed by atoms with van der Waals surface area (Å²) in [5.74, 6) is -0.209. The molecule has 4 heteroatoms. The Balaban J connectivity index is 2.23. The van der Waals surface area contributed by atoms with Crippen LogP contribution in [-0.4, -0.2) is 6.04 Å². The van der Waals surface area contributed by atoms with E-state index >= 15 is 0 Å². The Kier molecular flexibility index (Phi) is 4.69. The molecule has 2 aromatic rings.